The molecule has 2 aromatic carbocycles. The lowest BCUT2D eigenvalue weighted by atomic mass is 9.91. The first kappa shape index (κ1) is 22.9. The molecular formula is C22H25ClF3N3. The number of rotatable bonds is 6. The zero-order valence-electron chi connectivity index (χ0n) is 16.9. The highest BCUT2D eigenvalue weighted by molar-refractivity contribution is 6.33. The molecular weight excluding hydrogens is 399 g/mol. The first-order valence-corrected chi connectivity index (χ1v) is 9.71. The summed E-state index contributed by atoms with van der Waals surface area (Å²) in [7, 11) is 1.58. The summed E-state index contributed by atoms with van der Waals surface area (Å²) >= 11 is 6.18. The van der Waals surface area contributed by atoms with E-state index < -0.39 is 18.3 Å². The van der Waals surface area contributed by atoms with Crippen molar-refractivity contribution in [1.82, 2.24) is 0 Å². The maximum absolute atomic E-state index is 15.0. The smallest absolute Gasteiger partial charge is 0.135 e. The first-order valence-electron chi connectivity index (χ1n) is 9.33. The van der Waals surface area contributed by atoms with E-state index in [1.807, 2.05) is 13.8 Å². The van der Waals surface area contributed by atoms with Crippen molar-refractivity contribution >= 4 is 23.3 Å². The summed E-state index contributed by atoms with van der Waals surface area (Å²) in [5.41, 5.74) is 7.00. The van der Waals surface area contributed by atoms with Gasteiger partial charge in [-0.05, 0) is 47.7 Å². The summed E-state index contributed by atoms with van der Waals surface area (Å²) in [6.45, 7) is 4.94. The van der Waals surface area contributed by atoms with E-state index in [9.17, 15) is 13.2 Å². The second-order valence-corrected chi connectivity index (χ2v) is 7.69. The Morgan fingerprint density at radius 1 is 1.14 bits per heavy atom. The van der Waals surface area contributed by atoms with Gasteiger partial charge in [0.1, 0.15) is 23.3 Å². The third-order valence-electron chi connectivity index (χ3n) is 4.51. The monoisotopic (exact) mass is 423 g/mol. The zero-order valence-corrected chi connectivity index (χ0v) is 17.7. The summed E-state index contributed by atoms with van der Waals surface area (Å²) < 4.78 is 42.6. The Kier molecular flexibility index (Phi) is 7.85. The van der Waals surface area contributed by atoms with Crippen molar-refractivity contribution in [2.45, 2.75) is 27.2 Å². The van der Waals surface area contributed by atoms with Gasteiger partial charge in [-0.1, -0.05) is 38.4 Å². The van der Waals surface area contributed by atoms with Gasteiger partial charge in [-0.3, -0.25) is 9.38 Å². The highest BCUT2D eigenvalue weighted by atomic mass is 35.5. The van der Waals surface area contributed by atoms with Crippen LogP contribution in [0.3, 0.4) is 0 Å². The molecule has 0 saturated carbocycles. The number of hydrogen-bond donors (Lipinski definition) is 1. The maximum atomic E-state index is 15.0. The van der Waals surface area contributed by atoms with Crippen LogP contribution in [0.5, 0.6) is 0 Å². The van der Waals surface area contributed by atoms with Gasteiger partial charge >= 0.3 is 0 Å². The van der Waals surface area contributed by atoms with E-state index in [-0.39, 0.29) is 45.8 Å². The first-order chi connectivity index (χ1) is 13.7. The second kappa shape index (κ2) is 9.92. The molecule has 0 aliphatic rings. The molecule has 7 heteroatoms. The number of halogens is 4. The molecule has 2 N–H and O–H groups in total. The molecule has 2 rings (SSSR count). The maximum Gasteiger partial charge on any atom is 0.135 e. The van der Waals surface area contributed by atoms with Crippen molar-refractivity contribution in [3.8, 4) is 11.1 Å². The predicted octanol–water partition coefficient (Wildman–Crippen LogP) is 5.82. The van der Waals surface area contributed by atoms with Crippen molar-refractivity contribution in [1.29, 1.82) is 0 Å². The number of hydrogen-bond acceptors (Lipinski definition) is 1. The van der Waals surface area contributed by atoms with Crippen LogP contribution in [-0.2, 0) is 6.42 Å². The number of amidine groups is 2. The van der Waals surface area contributed by atoms with Crippen molar-refractivity contribution in [3.63, 3.8) is 0 Å². The minimum absolute atomic E-state index is 0.00383. The lowest BCUT2D eigenvalue weighted by molar-refractivity contribution is 0.381. The van der Waals surface area contributed by atoms with Crippen LogP contribution in [-0.4, -0.2) is 25.4 Å². The van der Waals surface area contributed by atoms with E-state index in [1.54, 1.807) is 14.0 Å². The molecule has 0 fully saturated rings. The fraction of sp³-hybridized carbons (Fsp3) is 0.364. The molecule has 156 valence electrons. The van der Waals surface area contributed by atoms with Gasteiger partial charge in [-0.2, -0.15) is 0 Å². The van der Waals surface area contributed by atoms with Crippen LogP contribution in [0.1, 0.15) is 31.9 Å². The molecule has 0 aliphatic carbocycles. The summed E-state index contributed by atoms with van der Waals surface area (Å²) in [6.07, 6.45) is 0.260. The highest BCUT2D eigenvalue weighted by Crippen LogP contribution is 2.35. The third kappa shape index (κ3) is 5.38. The van der Waals surface area contributed by atoms with Crippen LogP contribution in [0.2, 0.25) is 5.02 Å². The highest BCUT2D eigenvalue weighted by Gasteiger charge is 2.20. The SMILES string of the molecule is CN=C(N=C(N)c1cc(C[C@@H](C)CF)c(-c2c(F)cccc2Cl)cc1F)C(C)C. The van der Waals surface area contributed by atoms with E-state index in [1.165, 1.54) is 30.3 Å². The molecule has 0 spiro atoms. The molecule has 0 heterocycles. The lowest BCUT2D eigenvalue weighted by Gasteiger charge is -2.17. The Balaban J connectivity index is 2.69. The molecule has 0 saturated heterocycles. The molecule has 0 unspecified atom stereocenters. The number of nitrogens with two attached hydrogens (primary N) is 1. The molecule has 0 aliphatic heterocycles. The van der Waals surface area contributed by atoms with Gasteiger partial charge in [0.15, 0.2) is 0 Å². The van der Waals surface area contributed by atoms with E-state index in [0.717, 1.165) is 0 Å². The Morgan fingerprint density at radius 3 is 2.38 bits per heavy atom. The number of nitrogens with zero attached hydrogens (tertiary/aromatic N) is 2. The van der Waals surface area contributed by atoms with Crippen LogP contribution in [0.4, 0.5) is 13.2 Å². The van der Waals surface area contributed by atoms with E-state index in [2.05, 4.69) is 9.98 Å². The van der Waals surface area contributed by atoms with Gasteiger partial charge < -0.3 is 5.73 Å². The molecule has 0 radical (unpaired) electrons. The van der Waals surface area contributed by atoms with Crippen molar-refractivity contribution in [2.24, 2.45) is 27.6 Å². The number of alkyl halides is 1. The minimum Gasteiger partial charge on any atom is -0.383 e. The van der Waals surface area contributed by atoms with Crippen LogP contribution < -0.4 is 5.73 Å². The Labute approximate surface area is 174 Å². The lowest BCUT2D eigenvalue weighted by Crippen LogP contribution is -2.20. The molecule has 3 nitrogen and oxygen atoms in total. The summed E-state index contributed by atoms with van der Waals surface area (Å²) in [5.74, 6) is -1.17. The van der Waals surface area contributed by atoms with Gasteiger partial charge in [-0.25, -0.2) is 13.8 Å². The molecule has 0 bridgehead atoms. The van der Waals surface area contributed by atoms with E-state index in [0.29, 0.717) is 11.4 Å². The molecule has 0 amide bonds. The minimum atomic E-state index is -0.670. The molecule has 1 atom stereocenters. The van der Waals surface area contributed by atoms with Gasteiger partial charge in [0, 0.05) is 18.5 Å². The largest absolute Gasteiger partial charge is 0.383 e. The van der Waals surface area contributed by atoms with Crippen LogP contribution in [0.25, 0.3) is 11.1 Å². The second-order valence-electron chi connectivity index (χ2n) is 7.28. The summed E-state index contributed by atoms with van der Waals surface area (Å²) in [5, 5.41) is 0.146. The Morgan fingerprint density at radius 2 is 1.83 bits per heavy atom. The topological polar surface area (TPSA) is 50.7 Å². The van der Waals surface area contributed by atoms with E-state index >= 15 is 0 Å². The summed E-state index contributed by atoms with van der Waals surface area (Å²) in [6, 6.07) is 6.92. The molecule has 29 heavy (non-hydrogen) atoms. The fourth-order valence-corrected chi connectivity index (χ4v) is 3.29. The van der Waals surface area contributed by atoms with Crippen molar-refractivity contribution < 1.29 is 13.2 Å². The third-order valence-corrected chi connectivity index (χ3v) is 4.83. The van der Waals surface area contributed by atoms with E-state index in [4.69, 9.17) is 17.3 Å². The zero-order chi connectivity index (χ0) is 21.7. The average Bonchev–Trinajstić information content (AvgIpc) is 2.67. The van der Waals surface area contributed by atoms with Crippen molar-refractivity contribution in [3.05, 3.63) is 58.1 Å². The Bertz CT molecular complexity index is 919. The number of benzene rings is 2. The standard InChI is InChI=1S/C22H25ClF3N3/c1-12(2)22(28-4)29-21(27)16-9-14(8-13(3)11-24)15(10-19(16)26)20-17(23)6-5-7-18(20)25/h5-7,9-10,12-13H,8,11H2,1-4H3,(H2,27,28,29)/t13-/m1/s1. The van der Waals surface area contributed by atoms with Crippen molar-refractivity contribution in [2.75, 3.05) is 13.7 Å². The quantitative estimate of drug-likeness (QED) is 0.461. The van der Waals surface area contributed by atoms with Gasteiger partial charge in [0.25, 0.3) is 0 Å². The van der Waals surface area contributed by atoms with Gasteiger partial charge in [0.2, 0.25) is 0 Å². The van der Waals surface area contributed by atoms with Gasteiger partial charge in [-0.15, -0.1) is 0 Å². The summed E-state index contributed by atoms with van der Waals surface area (Å²) in [4.78, 5) is 8.30. The Hall–Kier alpha value is -2.34. The van der Waals surface area contributed by atoms with Gasteiger partial charge in [0.05, 0.1) is 17.3 Å². The number of aliphatic imine (C=N–C) groups is 2. The average molecular weight is 424 g/mol. The van der Waals surface area contributed by atoms with Crippen LogP contribution >= 0.6 is 11.6 Å². The molecule has 2 aromatic rings. The normalized spacial score (nSPS) is 13.8. The predicted molar refractivity (Wildman–Crippen MR) is 115 cm³/mol. The van der Waals surface area contributed by atoms with Crippen LogP contribution in [0.15, 0.2) is 40.3 Å². The fourth-order valence-electron chi connectivity index (χ4n) is 3.02. The van der Waals surface area contributed by atoms with Crippen LogP contribution in [0, 0.1) is 23.5 Å². The molecule has 0 aromatic heterocycles.